The normalized spacial score (nSPS) is 10.4. The number of aromatic nitrogens is 2. The smallest absolute Gasteiger partial charge is 0.255 e. The quantitative estimate of drug-likeness (QED) is 0.279. The highest BCUT2D eigenvalue weighted by molar-refractivity contribution is 6.05. The molecular formula is C28H20N6O. The molecule has 0 aliphatic rings. The van der Waals surface area contributed by atoms with Crippen molar-refractivity contribution in [2.45, 2.75) is 0 Å². The lowest BCUT2D eigenvalue weighted by Crippen LogP contribution is -2.12. The number of pyridine rings is 2. The number of fused-ring (bicyclic) bond motifs is 1. The third-order valence-electron chi connectivity index (χ3n) is 5.38. The molecule has 5 rings (SSSR count). The molecule has 1 amide bonds. The summed E-state index contributed by atoms with van der Waals surface area (Å²) in [6, 6.07) is 26.1. The second kappa shape index (κ2) is 9.73. The number of anilines is 5. The molecule has 7 nitrogen and oxygen atoms in total. The molecule has 3 N–H and O–H groups in total. The minimum atomic E-state index is -0.225. The molecule has 0 aliphatic heterocycles. The third kappa shape index (κ3) is 5.07. The van der Waals surface area contributed by atoms with Gasteiger partial charge in [-0.3, -0.25) is 14.8 Å². The second-order valence-corrected chi connectivity index (χ2v) is 7.84. The molecule has 0 radical (unpaired) electrons. The van der Waals surface area contributed by atoms with Crippen molar-refractivity contribution in [3.05, 3.63) is 115 Å². The second-order valence-electron chi connectivity index (χ2n) is 7.84. The van der Waals surface area contributed by atoms with Crippen LogP contribution in [0.4, 0.5) is 28.4 Å². The number of nitriles is 1. The van der Waals surface area contributed by atoms with Gasteiger partial charge in [-0.1, -0.05) is 18.2 Å². The van der Waals surface area contributed by atoms with E-state index < -0.39 is 0 Å². The van der Waals surface area contributed by atoms with Crippen LogP contribution in [0.1, 0.15) is 15.9 Å². The summed E-state index contributed by atoms with van der Waals surface area (Å²) in [5, 5.41) is 20.6. The Bertz CT molecular complexity index is 1560. The zero-order chi connectivity index (χ0) is 24.0. The van der Waals surface area contributed by atoms with Crippen LogP contribution in [0.3, 0.4) is 0 Å². The van der Waals surface area contributed by atoms with Gasteiger partial charge in [-0.25, -0.2) is 0 Å². The molecule has 7 heteroatoms. The number of carbonyl (C=O) groups excluding carboxylic acids is 1. The van der Waals surface area contributed by atoms with Crippen LogP contribution < -0.4 is 16.0 Å². The number of hydrogen-bond donors (Lipinski definition) is 3. The molecular weight excluding hydrogens is 436 g/mol. The van der Waals surface area contributed by atoms with Crippen LogP contribution in [-0.4, -0.2) is 15.9 Å². The van der Waals surface area contributed by atoms with Gasteiger partial charge >= 0.3 is 0 Å². The van der Waals surface area contributed by atoms with Gasteiger partial charge in [-0.05, 0) is 60.7 Å². The van der Waals surface area contributed by atoms with E-state index in [1.807, 2.05) is 60.7 Å². The van der Waals surface area contributed by atoms with Crippen molar-refractivity contribution in [3.8, 4) is 6.07 Å². The highest BCUT2D eigenvalue weighted by Gasteiger charge is 2.09. The zero-order valence-electron chi connectivity index (χ0n) is 18.6. The van der Waals surface area contributed by atoms with E-state index in [0.29, 0.717) is 16.8 Å². The maximum Gasteiger partial charge on any atom is 0.255 e. The Morgan fingerprint density at radius 1 is 0.743 bits per heavy atom. The number of nitrogens with one attached hydrogen (secondary N) is 3. The number of amides is 1. The summed E-state index contributed by atoms with van der Waals surface area (Å²) in [6.07, 6.45) is 6.89. The minimum absolute atomic E-state index is 0.225. The van der Waals surface area contributed by atoms with E-state index in [4.69, 9.17) is 0 Å². The summed E-state index contributed by atoms with van der Waals surface area (Å²) >= 11 is 0. The van der Waals surface area contributed by atoms with E-state index in [0.717, 1.165) is 33.5 Å². The number of nitrogens with zero attached hydrogens (tertiary/aromatic N) is 3. The van der Waals surface area contributed by atoms with Crippen molar-refractivity contribution < 1.29 is 4.79 Å². The van der Waals surface area contributed by atoms with Gasteiger partial charge in [0.25, 0.3) is 5.91 Å². The van der Waals surface area contributed by atoms with Crippen LogP contribution >= 0.6 is 0 Å². The summed E-state index contributed by atoms with van der Waals surface area (Å²) in [4.78, 5) is 21.3. The lowest BCUT2D eigenvalue weighted by atomic mass is 10.1. The predicted octanol–water partition coefficient (Wildman–Crippen LogP) is 6.24. The minimum Gasteiger partial charge on any atom is -0.355 e. The first kappa shape index (κ1) is 21.6. The molecule has 3 aromatic carbocycles. The summed E-state index contributed by atoms with van der Waals surface area (Å²) in [5.74, 6) is -0.225. The Morgan fingerprint density at radius 3 is 2.34 bits per heavy atom. The summed E-state index contributed by atoms with van der Waals surface area (Å²) in [5.41, 5.74) is 5.01. The van der Waals surface area contributed by atoms with E-state index >= 15 is 0 Å². The average Bonchev–Trinajstić information content (AvgIpc) is 2.89. The van der Waals surface area contributed by atoms with E-state index in [2.05, 4.69) is 32.0 Å². The SMILES string of the molecule is N#Cc1ccc2cncc(Nc3cccc(C(=O)Nc4cccc(Nc5ccncc5)c4)c3)c2c1. The molecule has 2 heterocycles. The van der Waals surface area contributed by atoms with Crippen LogP contribution in [0.25, 0.3) is 10.8 Å². The van der Waals surface area contributed by atoms with Gasteiger partial charge in [0.2, 0.25) is 0 Å². The fraction of sp³-hybridized carbons (Fsp3) is 0. The maximum atomic E-state index is 13.0. The molecule has 0 aliphatic carbocycles. The zero-order valence-corrected chi connectivity index (χ0v) is 18.6. The lowest BCUT2D eigenvalue weighted by molar-refractivity contribution is 0.102. The molecule has 0 unspecified atom stereocenters. The first-order valence-electron chi connectivity index (χ1n) is 10.9. The number of rotatable bonds is 6. The maximum absolute atomic E-state index is 13.0. The molecule has 35 heavy (non-hydrogen) atoms. The topological polar surface area (TPSA) is 103 Å². The van der Waals surface area contributed by atoms with E-state index in [9.17, 15) is 10.1 Å². The highest BCUT2D eigenvalue weighted by atomic mass is 16.1. The van der Waals surface area contributed by atoms with Gasteiger partial charge in [0.05, 0.1) is 23.5 Å². The molecule has 5 aromatic rings. The van der Waals surface area contributed by atoms with Gasteiger partial charge in [0.1, 0.15) is 0 Å². The highest BCUT2D eigenvalue weighted by Crippen LogP contribution is 2.27. The molecule has 0 saturated carbocycles. The number of benzene rings is 3. The molecule has 0 bridgehead atoms. The van der Waals surface area contributed by atoms with Crippen molar-refractivity contribution in [3.63, 3.8) is 0 Å². The van der Waals surface area contributed by atoms with Crippen molar-refractivity contribution in [1.82, 2.24) is 9.97 Å². The summed E-state index contributed by atoms with van der Waals surface area (Å²) in [7, 11) is 0. The Kier molecular flexibility index (Phi) is 6.01. The Balaban J connectivity index is 1.33. The van der Waals surface area contributed by atoms with Crippen molar-refractivity contribution in [1.29, 1.82) is 5.26 Å². The van der Waals surface area contributed by atoms with Gasteiger partial charge in [-0.2, -0.15) is 5.26 Å². The Hall–Kier alpha value is -5.22. The summed E-state index contributed by atoms with van der Waals surface area (Å²) < 4.78 is 0. The van der Waals surface area contributed by atoms with Crippen LogP contribution in [0, 0.1) is 11.3 Å². The largest absolute Gasteiger partial charge is 0.355 e. The van der Waals surface area contributed by atoms with Gasteiger partial charge in [0.15, 0.2) is 0 Å². The molecule has 0 atom stereocenters. The monoisotopic (exact) mass is 456 g/mol. The van der Waals surface area contributed by atoms with Crippen molar-refractivity contribution in [2.75, 3.05) is 16.0 Å². The lowest BCUT2D eigenvalue weighted by Gasteiger charge is -2.12. The fourth-order valence-corrected chi connectivity index (χ4v) is 3.71. The first-order valence-corrected chi connectivity index (χ1v) is 10.9. The van der Waals surface area contributed by atoms with E-state index in [1.165, 1.54) is 0 Å². The molecule has 0 saturated heterocycles. The summed E-state index contributed by atoms with van der Waals surface area (Å²) in [6.45, 7) is 0. The van der Waals surface area contributed by atoms with Gasteiger partial charge in [0, 0.05) is 57.7 Å². The van der Waals surface area contributed by atoms with Crippen molar-refractivity contribution in [2.24, 2.45) is 0 Å². The molecule has 168 valence electrons. The predicted molar refractivity (Wildman–Crippen MR) is 138 cm³/mol. The average molecular weight is 457 g/mol. The van der Waals surface area contributed by atoms with Crippen LogP contribution in [0.15, 0.2) is 104 Å². The Labute approximate surface area is 202 Å². The standard InChI is InChI=1S/C28H20N6O/c29-16-19-7-8-21-17-31-18-27(26(21)13-19)33-23-4-1-3-20(14-23)28(35)34-25-6-2-5-24(15-25)32-22-9-11-30-12-10-22/h1-15,17-18,33H,(H,30,32)(H,34,35). The molecule has 2 aromatic heterocycles. The molecule has 0 fully saturated rings. The molecule has 0 spiro atoms. The fourth-order valence-electron chi connectivity index (χ4n) is 3.71. The third-order valence-corrected chi connectivity index (χ3v) is 5.38. The van der Waals surface area contributed by atoms with E-state index in [1.54, 1.807) is 43.0 Å². The number of hydrogen-bond acceptors (Lipinski definition) is 6. The van der Waals surface area contributed by atoms with Crippen molar-refractivity contribution >= 4 is 45.1 Å². The van der Waals surface area contributed by atoms with Crippen LogP contribution in [0.5, 0.6) is 0 Å². The first-order chi connectivity index (χ1) is 17.2. The van der Waals surface area contributed by atoms with Gasteiger partial charge in [-0.15, -0.1) is 0 Å². The van der Waals surface area contributed by atoms with E-state index in [-0.39, 0.29) is 5.91 Å². The van der Waals surface area contributed by atoms with Gasteiger partial charge < -0.3 is 16.0 Å². The van der Waals surface area contributed by atoms with Crippen LogP contribution in [-0.2, 0) is 0 Å². The number of carbonyl (C=O) groups is 1. The Morgan fingerprint density at radius 2 is 1.51 bits per heavy atom. The van der Waals surface area contributed by atoms with Crippen LogP contribution in [0.2, 0.25) is 0 Å².